The first-order valence-corrected chi connectivity index (χ1v) is 4.60. The number of allylic oxidation sites excluding steroid dienone is 2. The average molecular weight is 173 g/mol. The van der Waals surface area contributed by atoms with E-state index in [-0.39, 0.29) is 0 Å². The highest BCUT2D eigenvalue weighted by Crippen LogP contribution is 2.10. The second-order valence-corrected chi connectivity index (χ2v) is 2.90. The monoisotopic (exact) mass is 173 g/mol. The second-order valence-electron chi connectivity index (χ2n) is 2.90. The third-order valence-corrected chi connectivity index (χ3v) is 1.66. The summed E-state index contributed by atoms with van der Waals surface area (Å²) < 4.78 is 0. The minimum atomic E-state index is 1.01. The van der Waals surface area contributed by atoms with Crippen molar-refractivity contribution in [2.24, 2.45) is 4.99 Å². The van der Waals surface area contributed by atoms with Gasteiger partial charge in [-0.05, 0) is 31.6 Å². The maximum atomic E-state index is 4.43. The van der Waals surface area contributed by atoms with Gasteiger partial charge in [0.15, 0.2) is 0 Å². The van der Waals surface area contributed by atoms with Crippen LogP contribution in [-0.2, 0) is 0 Å². The van der Waals surface area contributed by atoms with Crippen LogP contribution in [0, 0.1) is 0 Å². The van der Waals surface area contributed by atoms with E-state index in [1.54, 1.807) is 0 Å². The van der Waals surface area contributed by atoms with Crippen molar-refractivity contribution in [1.82, 2.24) is 0 Å². The Balaban J connectivity index is 2.71. The molecule has 0 radical (unpaired) electrons. The zero-order valence-electron chi connectivity index (χ0n) is 8.20. The highest BCUT2D eigenvalue weighted by molar-refractivity contribution is 5.94. The van der Waals surface area contributed by atoms with Gasteiger partial charge in [0.05, 0.1) is 5.69 Å². The van der Waals surface area contributed by atoms with Crippen LogP contribution in [-0.4, -0.2) is 5.71 Å². The summed E-state index contributed by atoms with van der Waals surface area (Å²) in [5.74, 6) is 0. The Bertz CT molecular complexity index is 296. The normalized spacial score (nSPS) is 12.3. The summed E-state index contributed by atoms with van der Waals surface area (Å²) in [7, 11) is 0. The van der Waals surface area contributed by atoms with E-state index in [2.05, 4.69) is 18.0 Å². The first kappa shape index (κ1) is 9.72. The van der Waals surface area contributed by atoms with Crippen LogP contribution in [0.2, 0.25) is 0 Å². The van der Waals surface area contributed by atoms with Gasteiger partial charge >= 0.3 is 0 Å². The molecule has 0 atom stereocenters. The number of hydrogen-bond acceptors (Lipinski definition) is 1. The van der Waals surface area contributed by atoms with E-state index in [9.17, 15) is 0 Å². The van der Waals surface area contributed by atoms with E-state index in [0.717, 1.165) is 17.8 Å². The third-order valence-electron chi connectivity index (χ3n) is 1.66. The summed E-state index contributed by atoms with van der Waals surface area (Å²) in [4.78, 5) is 4.43. The largest absolute Gasteiger partial charge is 0.254 e. The van der Waals surface area contributed by atoms with Crippen molar-refractivity contribution in [1.29, 1.82) is 0 Å². The third kappa shape index (κ3) is 3.70. The standard InChI is InChI=1S/C12H15N/c1-3-4-8-11(2)13-12-9-6-5-7-10-12/h4-10H,3H2,1-2H3/b8-4-,13-11?. The fraction of sp³-hybridized carbons (Fsp3) is 0.250. The lowest BCUT2D eigenvalue weighted by Gasteiger charge is -1.93. The van der Waals surface area contributed by atoms with Crippen LogP contribution < -0.4 is 0 Å². The molecule has 0 unspecified atom stereocenters. The predicted octanol–water partition coefficient (Wildman–Crippen LogP) is 3.75. The Morgan fingerprint density at radius 1 is 1.31 bits per heavy atom. The SMILES string of the molecule is CC/C=C\C(C)=Nc1ccccc1. The highest BCUT2D eigenvalue weighted by Gasteiger charge is 1.86. The molecule has 1 nitrogen and oxygen atoms in total. The van der Waals surface area contributed by atoms with Crippen molar-refractivity contribution >= 4 is 11.4 Å². The fourth-order valence-electron chi connectivity index (χ4n) is 1.03. The van der Waals surface area contributed by atoms with Gasteiger partial charge in [-0.25, -0.2) is 0 Å². The highest BCUT2D eigenvalue weighted by atomic mass is 14.7. The predicted molar refractivity (Wildman–Crippen MR) is 58.6 cm³/mol. The maximum absolute atomic E-state index is 4.43. The van der Waals surface area contributed by atoms with Crippen molar-refractivity contribution in [3.63, 3.8) is 0 Å². The minimum Gasteiger partial charge on any atom is -0.254 e. The summed E-state index contributed by atoms with van der Waals surface area (Å²) in [6.07, 6.45) is 5.22. The number of aliphatic imine (C=N–C) groups is 1. The number of nitrogens with zero attached hydrogens (tertiary/aromatic N) is 1. The van der Waals surface area contributed by atoms with Crippen LogP contribution in [0.5, 0.6) is 0 Å². The lowest BCUT2D eigenvalue weighted by Crippen LogP contribution is -1.81. The second kappa shape index (κ2) is 5.31. The molecule has 0 saturated heterocycles. The molecule has 0 fully saturated rings. The van der Waals surface area contributed by atoms with Crippen LogP contribution in [0.1, 0.15) is 20.3 Å². The molecule has 68 valence electrons. The Hall–Kier alpha value is -1.37. The Labute approximate surface area is 79.8 Å². The van der Waals surface area contributed by atoms with Gasteiger partial charge in [-0.3, -0.25) is 4.99 Å². The van der Waals surface area contributed by atoms with Gasteiger partial charge in [-0.1, -0.05) is 31.2 Å². The van der Waals surface area contributed by atoms with Gasteiger partial charge in [-0.15, -0.1) is 0 Å². The van der Waals surface area contributed by atoms with E-state index in [4.69, 9.17) is 0 Å². The van der Waals surface area contributed by atoms with E-state index in [0.29, 0.717) is 0 Å². The Morgan fingerprint density at radius 3 is 2.62 bits per heavy atom. The molecule has 0 heterocycles. The van der Waals surface area contributed by atoms with E-state index >= 15 is 0 Å². The molecule has 0 bridgehead atoms. The molecule has 0 saturated carbocycles. The summed E-state index contributed by atoms with van der Waals surface area (Å²) in [5, 5.41) is 0. The molecular formula is C12H15N. The molecule has 0 aromatic heterocycles. The molecule has 0 aliphatic heterocycles. The zero-order chi connectivity index (χ0) is 9.52. The number of rotatable bonds is 3. The Morgan fingerprint density at radius 2 is 2.00 bits per heavy atom. The molecular weight excluding hydrogens is 158 g/mol. The summed E-state index contributed by atoms with van der Waals surface area (Å²) in [5.41, 5.74) is 2.06. The summed E-state index contributed by atoms with van der Waals surface area (Å²) >= 11 is 0. The lowest BCUT2D eigenvalue weighted by atomic mass is 10.3. The number of para-hydroxylation sites is 1. The van der Waals surface area contributed by atoms with Gasteiger partial charge in [0.25, 0.3) is 0 Å². The van der Waals surface area contributed by atoms with Crippen molar-refractivity contribution in [3.05, 3.63) is 42.5 Å². The zero-order valence-corrected chi connectivity index (χ0v) is 8.20. The maximum Gasteiger partial charge on any atom is 0.0632 e. The molecule has 0 aliphatic rings. The van der Waals surface area contributed by atoms with Crippen LogP contribution in [0.3, 0.4) is 0 Å². The quantitative estimate of drug-likeness (QED) is 0.617. The molecule has 1 aromatic rings. The van der Waals surface area contributed by atoms with E-state index in [1.165, 1.54) is 0 Å². The van der Waals surface area contributed by atoms with Crippen LogP contribution >= 0.6 is 0 Å². The summed E-state index contributed by atoms with van der Waals surface area (Å²) in [6.45, 7) is 4.13. The first-order chi connectivity index (χ1) is 6.33. The molecule has 1 aromatic carbocycles. The summed E-state index contributed by atoms with van der Waals surface area (Å²) in [6, 6.07) is 9.99. The van der Waals surface area contributed by atoms with Crippen molar-refractivity contribution in [2.45, 2.75) is 20.3 Å². The smallest absolute Gasteiger partial charge is 0.0632 e. The number of benzene rings is 1. The van der Waals surface area contributed by atoms with Gasteiger partial charge in [-0.2, -0.15) is 0 Å². The lowest BCUT2D eigenvalue weighted by molar-refractivity contribution is 1.23. The topological polar surface area (TPSA) is 12.4 Å². The van der Waals surface area contributed by atoms with Gasteiger partial charge in [0.1, 0.15) is 0 Å². The van der Waals surface area contributed by atoms with Crippen molar-refractivity contribution in [3.8, 4) is 0 Å². The fourth-order valence-corrected chi connectivity index (χ4v) is 1.03. The molecule has 1 heteroatoms. The van der Waals surface area contributed by atoms with Crippen molar-refractivity contribution < 1.29 is 0 Å². The van der Waals surface area contributed by atoms with Gasteiger partial charge in [0, 0.05) is 5.71 Å². The molecule has 0 spiro atoms. The van der Waals surface area contributed by atoms with Crippen molar-refractivity contribution in [2.75, 3.05) is 0 Å². The Kier molecular flexibility index (Phi) is 3.97. The van der Waals surface area contributed by atoms with E-state index < -0.39 is 0 Å². The molecule has 1 rings (SSSR count). The van der Waals surface area contributed by atoms with Gasteiger partial charge in [0.2, 0.25) is 0 Å². The molecule has 0 N–H and O–H groups in total. The molecule has 0 amide bonds. The van der Waals surface area contributed by atoms with Crippen LogP contribution in [0.25, 0.3) is 0 Å². The van der Waals surface area contributed by atoms with Gasteiger partial charge < -0.3 is 0 Å². The number of hydrogen-bond donors (Lipinski definition) is 0. The van der Waals surface area contributed by atoms with E-state index in [1.807, 2.05) is 43.3 Å². The average Bonchev–Trinajstić information content (AvgIpc) is 2.16. The molecule has 0 aliphatic carbocycles. The first-order valence-electron chi connectivity index (χ1n) is 4.60. The van der Waals surface area contributed by atoms with Crippen LogP contribution in [0.4, 0.5) is 5.69 Å². The minimum absolute atomic E-state index is 1.01. The molecule has 13 heavy (non-hydrogen) atoms. The van der Waals surface area contributed by atoms with Crippen LogP contribution in [0.15, 0.2) is 47.5 Å².